The number of anilines is 1. The number of nitrogens with one attached hydrogen (secondary N) is 1. The zero-order valence-corrected chi connectivity index (χ0v) is 13.1. The molecule has 0 spiro atoms. The predicted octanol–water partition coefficient (Wildman–Crippen LogP) is 4.21. The summed E-state index contributed by atoms with van der Waals surface area (Å²) in [5, 5.41) is 3.47. The van der Waals surface area contributed by atoms with Gasteiger partial charge in [-0.1, -0.05) is 37.4 Å². The fourth-order valence-corrected chi connectivity index (χ4v) is 2.49. The van der Waals surface area contributed by atoms with Gasteiger partial charge in [0.05, 0.1) is 17.0 Å². The SMILES string of the molecule is CCCC[C@@H](C(=O)Nc1ccc(C)cc1Cl)n1ccnc1. The molecular weight excluding hydrogens is 286 g/mol. The van der Waals surface area contributed by atoms with Crippen LogP contribution >= 0.6 is 11.6 Å². The van der Waals surface area contributed by atoms with Gasteiger partial charge >= 0.3 is 0 Å². The molecular formula is C16H20ClN3O. The van der Waals surface area contributed by atoms with Gasteiger partial charge in [0.15, 0.2) is 0 Å². The molecule has 5 heteroatoms. The van der Waals surface area contributed by atoms with E-state index in [-0.39, 0.29) is 11.9 Å². The van der Waals surface area contributed by atoms with E-state index < -0.39 is 0 Å². The van der Waals surface area contributed by atoms with E-state index in [1.165, 1.54) is 0 Å². The largest absolute Gasteiger partial charge is 0.325 e. The highest BCUT2D eigenvalue weighted by atomic mass is 35.5. The zero-order chi connectivity index (χ0) is 15.2. The first-order valence-electron chi connectivity index (χ1n) is 7.16. The molecule has 0 unspecified atom stereocenters. The summed E-state index contributed by atoms with van der Waals surface area (Å²) in [4.78, 5) is 16.6. The summed E-state index contributed by atoms with van der Waals surface area (Å²) in [7, 11) is 0. The van der Waals surface area contributed by atoms with Crippen LogP contribution in [0.2, 0.25) is 5.02 Å². The normalized spacial score (nSPS) is 12.1. The molecule has 0 saturated carbocycles. The minimum atomic E-state index is -0.259. The number of carbonyl (C=O) groups is 1. The number of nitrogens with zero attached hydrogens (tertiary/aromatic N) is 2. The van der Waals surface area contributed by atoms with Crippen LogP contribution in [0.4, 0.5) is 5.69 Å². The van der Waals surface area contributed by atoms with Gasteiger partial charge in [-0.2, -0.15) is 0 Å². The molecule has 1 N–H and O–H groups in total. The van der Waals surface area contributed by atoms with Crippen LogP contribution in [0.5, 0.6) is 0 Å². The van der Waals surface area contributed by atoms with E-state index in [1.54, 1.807) is 12.5 Å². The zero-order valence-electron chi connectivity index (χ0n) is 12.3. The maximum atomic E-state index is 12.5. The average molecular weight is 306 g/mol. The molecule has 2 aromatic rings. The number of unbranched alkanes of at least 4 members (excludes halogenated alkanes) is 1. The topological polar surface area (TPSA) is 46.9 Å². The molecule has 1 amide bonds. The molecule has 112 valence electrons. The van der Waals surface area contributed by atoms with E-state index in [4.69, 9.17) is 11.6 Å². The Morgan fingerprint density at radius 1 is 1.48 bits per heavy atom. The number of hydrogen-bond acceptors (Lipinski definition) is 2. The number of carbonyl (C=O) groups excluding carboxylic acids is 1. The molecule has 4 nitrogen and oxygen atoms in total. The van der Waals surface area contributed by atoms with Gasteiger partial charge in [-0.3, -0.25) is 4.79 Å². The molecule has 1 aromatic heterocycles. The maximum absolute atomic E-state index is 12.5. The highest BCUT2D eigenvalue weighted by molar-refractivity contribution is 6.33. The van der Waals surface area contributed by atoms with Gasteiger partial charge in [0.2, 0.25) is 5.91 Å². The Morgan fingerprint density at radius 2 is 2.29 bits per heavy atom. The van der Waals surface area contributed by atoms with Gasteiger partial charge < -0.3 is 9.88 Å². The van der Waals surface area contributed by atoms with E-state index in [0.717, 1.165) is 24.8 Å². The smallest absolute Gasteiger partial charge is 0.247 e. The highest BCUT2D eigenvalue weighted by Gasteiger charge is 2.20. The predicted molar refractivity (Wildman–Crippen MR) is 85.6 cm³/mol. The minimum Gasteiger partial charge on any atom is -0.325 e. The van der Waals surface area contributed by atoms with Gasteiger partial charge in [-0.25, -0.2) is 4.98 Å². The van der Waals surface area contributed by atoms with Crippen molar-refractivity contribution in [3.63, 3.8) is 0 Å². The van der Waals surface area contributed by atoms with Crippen LogP contribution in [0, 0.1) is 6.92 Å². The second kappa shape index (κ2) is 7.27. The monoisotopic (exact) mass is 305 g/mol. The molecule has 0 aliphatic heterocycles. The summed E-state index contributed by atoms with van der Waals surface area (Å²) in [5.74, 6) is -0.0628. The highest BCUT2D eigenvalue weighted by Crippen LogP contribution is 2.25. The Hall–Kier alpha value is -1.81. The first-order chi connectivity index (χ1) is 10.1. The average Bonchev–Trinajstić information content (AvgIpc) is 2.96. The van der Waals surface area contributed by atoms with Gasteiger partial charge in [0, 0.05) is 12.4 Å². The van der Waals surface area contributed by atoms with Crippen molar-refractivity contribution >= 4 is 23.2 Å². The number of rotatable bonds is 6. The van der Waals surface area contributed by atoms with Crippen LogP contribution in [0.3, 0.4) is 0 Å². The molecule has 0 radical (unpaired) electrons. The Morgan fingerprint density at radius 3 is 2.90 bits per heavy atom. The number of benzene rings is 1. The van der Waals surface area contributed by atoms with Gasteiger partial charge in [0.1, 0.15) is 6.04 Å². The molecule has 21 heavy (non-hydrogen) atoms. The molecule has 0 aliphatic rings. The number of imidazole rings is 1. The number of aromatic nitrogens is 2. The number of amides is 1. The molecule has 0 aliphatic carbocycles. The van der Waals surface area contributed by atoms with Crippen LogP contribution in [-0.2, 0) is 4.79 Å². The third kappa shape index (κ3) is 4.08. The molecule has 0 saturated heterocycles. The van der Waals surface area contributed by atoms with Gasteiger partial charge in [0.25, 0.3) is 0 Å². The van der Waals surface area contributed by atoms with Crippen LogP contribution in [0.1, 0.15) is 37.8 Å². The van der Waals surface area contributed by atoms with E-state index in [0.29, 0.717) is 10.7 Å². The molecule has 2 rings (SSSR count). The van der Waals surface area contributed by atoms with E-state index >= 15 is 0 Å². The summed E-state index contributed by atoms with van der Waals surface area (Å²) in [5.41, 5.74) is 1.71. The first kappa shape index (κ1) is 15.6. The summed E-state index contributed by atoms with van der Waals surface area (Å²) in [6.45, 7) is 4.08. The lowest BCUT2D eigenvalue weighted by atomic mass is 10.1. The Kier molecular flexibility index (Phi) is 5.39. The minimum absolute atomic E-state index is 0.0628. The van der Waals surface area contributed by atoms with Crippen LogP contribution < -0.4 is 5.32 Å². The Labute approximate surface area is 130 Å². The summed E-state index contributed by atoms with van der Waals surface area (Å²) < 4.78 is 1.84. The van der Waals surface area contributed by atoms with Crippen molar-refractivity contribution in [2.45, 2.75) is 39.2 Å². The fourth-order valence-electron chi connectivity index (χ4n) is 2.20. The molecule has 0 bridgehead atoms. The fraction of sp³-hybridized carbons (Fsp3) is 0.375. The molecule has 1 aromatic carbocycles. The van der Waals surface area contributed by atoms with Crippen molar-refractivity contribution in [2.24, 2.45) is 0 Å². The van der Waals surface area contributed by atoms with Crippen molar-refractivity contribution in [3.8, 4) is 0 Å². The lowest BCUT2D eigenvalue weighted by Crippen LogP contribution is -2.25. The Bertz CT molecular complexity index is 596. The third-order valence-corrected chi connectivity index (χ3v) is 3.71. The van der Waals surface area contributed by atoms with Crippen molar-refractivity contribution in [2.75, 3.05) is 5.32 Å². The Balaban J connectivity index is 2.14. The standard InChI is InChI=1S/C16H20ClN3O/c1-3-4-5-15(20-9-8-18-11-20)16(21)19-14-7-6-12(2)10-13(14)17/h6-11,15H,3-5H2,1-2H3,(H,19,21)/t15-/m0/s1. The second-order valence-electron chi connectivity index (χ2n) is 5.14. The van der Waals surface area contributed by atoms with Crippen molar-refractivity contribution in [3.05, 3.63) is 47.5 Å². The molecule has 0 fully saturated rings. The first-order valence-corrected chi connectivity index (χ1v) is 7.54. The molecule has 1 heterocycles. The van der Waals surface area contributed by atoms with Crippen LogP contribution in [-0.4, -0.2) is 15.5 Å². The number of hydrogen-bond donors (Lipinski definition) is 1. The molecule has 1 atom stereocenters. The second-order valence-corrected chi connectivity index (χ2v) is 5.55. The van der Waals surface area contributed by atoms with Gasteiger partial charge in [-0.05, 0) is 31.0 Å². The van der Waals surface area contributed by atoms with Crippen molar-refractivity contribution < 1.29 is 4.79 Å². The number of halogens is 1. The quantitative estimate of drug-likeness (QED) is 0.868. The van der Waals surface area contributed by atoms with Gasteiger partial charge in [-0.15, -0.1) is 0 Å². The van der Waals surface area contributed by atoms with Crippen molar-refractivity contribution in [1.29, 1.82) is 0 Å². The van der Waals surface area contributed by atoms with Crippen LogP contribution in [0.15, 0.2) is 36.9 Å². The van der Waals surface area contributed by atoms with Crippen LogP contribution in [0.25, 0.3) is 0 Å². The summed E-state index contributed by atoms with van der Waals surface area (Å²) in [6.07, 6.45) is 7.99. The third-order valence-electron chi connectivity index (χ3n) is 3.40. The maximum Gasteiger partial charge on any atom is 0.247 e. The van der Waals surface area contributed by atoms with E-state index in [2.05, 4.69) is 17.2 Å². The van der Waals surface area contributed by atoms with Crippen molar-refractivity contribution in [1.82, 2.24) is 9.55 Å². The summed E-state index contributed by atoms with van der Waals surface area (Å²) >= 11 is 6.17. The number of aryl methyl sites for hydroxylation is 1. The lowest BCUT2D eigenvalue weighted by Gasteiger charge is -2.18. The van der Waals surface area contributed by atoms with E-state index in [9.17, 15) is 4.79 Å². The lowest BCUT2D eigenvalue weighted by molar-refractivity contribution is -0.119. The van der Waals surface area contributed by atoms with E-state index in [1.807, 2.05) is 35.9 Å². The summed E-state index contributed by atoms with van der Waals surface area (Å²) in [6, 6.07) is 5.35.